The molecule has 2 unspecified atom stereocenters. The number of ether oxygens (including phenoxy) is 2. The summed E-state index contributed by atoms with van der Waals surface area (Å²) in [5, 5.41) is 9.53. The van der Waals surface area contributed by atoms with E-state index in [1.807, 2.05) is 6.92 Å². The minimum absolute atomic E-state index is 0.0665. The highest BCUT2D eigenvalue weighted by Gasteiger charge is 2.48. The van der Waals surface area contributed by atoms with Crippen LogP contribution in [0.2, 0.25) is 0 Å². The summed E-state index contributed by atoms with van der Waals surface area (Å²) in [6.45, 7) is 11.7. The van der Waals surface area contributed by atoms with Crippen LogP contribution in [0.25, 0.3) is 0 Å². The second kappa shape index (κ2) is 7.08. The maximum absolute atomic E-state index is 12.6. The molecule has 23 heavy (non-hydrogen) atoms. The second-order valence-electron chi connectivity index (χ2n) is 8.19. The molecule has 0 bridgehead atoms. The molecule has 2 fully saturated rings. The zero-order valence-corrected chi connectivity index (χ0v) is 15.3. The van der Waals surface area contributed by atoms with Crippen molar-refractivity contribution < 1.29 is 19.4 Å². The lowest BCUT2D eigenvalue weighted by Crippen LogP contribution is -2.45. The third-order valence-corrected chi connectivity index (χ3v) is 5.28. The Balaban J connectivity index is 1.92. The Labute approximate surface area is 140 Å². The summed E-state index contributed by atoms with van der Waals surface area (Å²) in [4.78, 5) is 14.2. The van der Waals surface area contributed by atoms with Gasteiger partial charge >= 0.3 is 0 Å². The number of aliphatic hydroxyl groups excluding tert-OH is 1. The van der Waals surface area contributed by atoms with Gasteiger partial charge < -0.3 is 19.5 Å². The van der Waals surface area contributed by atoms with E-state index in [2.05, 4.69) is 20.8 Å². The summed E-state index contributed by atoms with van der Waals surface area (Å²) < 4.78 is 12.0. The summed E-state index contributed by atoms with van der Waals surface area (Å²) in [6.07, 6.45) is 2.82. The van der Waals surface area contributed by atoms with Gasteiger partial charge in [0.25, 0.3) is 5.91 Å². The van der Waals surface area contributed by atoms with Gasteiger partial charge in [-0.05, 0) is 38.0 Å². The molecule has 1 spiro atoms. The molecular weight excluding hydrogens is 294 g/mol. The summed E-state index contributed by atoms with van der Waals surface area (Å²) >= 11 is 0. The van der Waals surface area contributed by atoms with Gasteiger partial charge in [-0.15, -0.1) is 0 Å². The fraction of sp³-hybridized carbons (Fsp3) is 0.944. The first-order valence-electron chi connectivity index (χ1n) is 8.95. The van der Waals surface area contributed by atoms with Crippen molar-refractivity contribution in [3.05, 3.63) is 0 Å². The molecule has 1 amide bonds. The summed E-state index contributed by atoms with van der Waals surface area (Å²) in [5.41, 5.74) is 0.311. The molecule has 2 atom stereocenters. The molecule has 1 N–H and O–H groups in total. The summed E-state index contributed by atoms with van der Waals surface area (Å²) in [6, 6.07) is 0. The third-order valence-electron chi connectivity index (χ3n) is 5.28. The van der Waals surface area contributed by atoms with Crippen molar-refractivity contribution in [2.75, 3.05) is 19.7 Å². The molecule has 5 nitrogen and oxygen atoms in total. The van der Waals surface area contributed by atoms with Gasteiger partial charge in [0.1, 0.15) is 0 Å². The van der Waals surface area contributed by atoms with Crippen LogP contribution >= 0.6 is 0 Å². The van der Waals surface area contributed by atoms with Crippen LogP contribution < -0.4 is 0 Å². The largest absolute Gasteiger partial charge is 0.392 e. The van der Waals surface area contributed by atoms with Crippen molar-refractivity contribution in [2.45, 2.75) is 78.3 Å². The first-order chi connectivity index (χ1) is 10.7. The molecule has 1 aliphatic carbocycles. The van der Waals surface area contributed by atoms with Gasteiger partial charge in [0.05, 0.1) is 12.7 Å². The van der Waals surface area contributed by atoms with E-state index in [0.29, 0.717) is 31.0 Å². The topological polar surface area (TPSA) is 59.0 Å². The third kappa shape index (κ3) is 4.46. The lowest BCUT2D eigenvalue weighted by atomic mass is 9.71. The molecular formula is C18H33NO4. The molecule has 1 saturated carbocycles. The Morgan fingerprint density at radius 1 is 1.35 bits per heavy atom. The minimum atomic E-state index is -0.563. The molecule has 2 aliphatic rings. The first kappa shape index (κ1) is 18.7. The van der Waals surface area contributed by atoms with Gasteiger partial charge in [0.15, 0.2) is 11.9 Å². The zero-order chi connectivity index (χ0) is 17.3. The number of aliphatic hydroxyl groups is 1. The monoisotopic (exact) mass is 327 g/mol. The van der Waals surface area contributed by atoms with Crippen LogP contribution in [-0.2, 0) is 14.3 Å². The van der Waals surface area contributed by atoms with Crippen molar-refractivity contribution in [1.82, 2.24) is 4.90 Å². The molecule has 0 aromatic heterocycles. The van der Waals surface area contributed by atoms with Crippen molar-refractivity contribution in [1.29, 1.82) is 0 Å². The average molecular weight is 327 g/mol. The smallest absolute Gasteiger partial charge is 0.254 e. The number of carbonyl (C=O) groups is 1. The van der Waals surface area contributed by atoms with Crippen LogP contribution in [0.3, 0.4) is 0 Å². The van der Waals surface area contributed by atoms with E-state index in [9.17, 15) is 9.90 Å². The standard InChI is InChI=1S/C18H33NO4/c1-6-19(11-13(2)20)16(21)15-12-22-18(23-15)9-7-14(8-10-18)17(3,4)5/h13-15,20H,6-12H2,1-5H3. The van der Waals surface area contributed by atoms with Crippen LogP contribution in [0.5, 0.6) is 0 Å². The minimum Gasteiger partial charge on any atom is -0.392 e. The number of nitrogens with zero attached hydrogens (tertiary/aromatic N) is 1. The number of hydrogen-bond acceptors (Lipinski definition) is 4. The van der Waals surface area contributed by atoms with Crippen molar-refractivity contribution in [3.63, 3.8) is 0 Å². The fourth-order valence-electron chi connectivity index (χ4n) is 3.76. The quantitative estimate of drug-likeness (QED) is 0.862. The molecule has 5 heteroatoms. The number of rotatable bonds is 4. The maximum atomic E-state index is 12.6. The van der Waals surface area contributed by atoms with E-state index >= 15 is 0 Å². The van der Waals surface area contributed by atoms with E-state index in [4.69, 9.17) is 9.47 Å². The number of likely N-dealkylation sites (N-methyl/N-ethyl adjacent to an activating group) is 1. The molecule has 1 heterocycles. The highest BCUT2D eigenvalue weighted by molar-refractivity contribution is 5.81. The normalized spacial score (nSPS) is 33.0. The van der Waals surface area contributed by atoms with Gasteiger partial charge in [0.2, 0.25) is 0 Å². The molecule has 0 aromatic rings. The first-order valence-corrected chi connectivity index (χ1v) is 8.95. The highest BCUT2D eigenvalue weighted by atomic mass is 16.7. The zero-order valence-electron chi connectivity index (χ0n) is 15.3. The van der Waals surface area contributed by atoms with Crippen molar-refractivity contribution in [2.24, 2.45) is 11.3 Å². The van der Waals surface area contributed by atoms with E-state index in [0.717, 1.165) is 25.7 Å². The van der Waals surface area contributed by atoms with E-state index in [-0.39, 0.29) is 5.91 Å². The molecule has 2 rings (SSSR count). The van der Waals surface area contributed by atoms with E-state index in [1.165, 1.54) is 0 Å². The average Bonchev–Trinajstić information content (AvgIpc) is 2.87. The predicted molar refractivity (Wildman–Crippen MR) is 88.9 cm³/mol. The van der Waals surface area contributed by atoms with Crippen molar-refractivity contribution >= 4 is 5.91 Å². The Morgan fingerprint density at radius 2 is 1.96 bits per heavy atom. The maximum Gasteiger partial charge on any atom is 0.254 e. The SMILES string of the molecule is CCN(CC(C)O)C(=O)C1COC2(CCC(C(C)(C)C)CC2)O1. The molecule has 1 saturated heterocycles. The number of carbonyl (C=O) groups excluding carboxylic acids is 1. The van der Waals surface area contributed by atoms with E-state index < -0.39 is 18.0 Å². The molecule has 0 radical (unpaired) electrons. The molecule has 1 aliphatic heterocycles. The fourth-order valence-corrected chi connectivity index (χ4v) is 3.76. The lowest BCUT2D eigenvalue weighted by Gasteiger charge is -2.41. The summed E-state index contributed by atoms with van der Waals surface area (Å²) in [5.74, 6) is 0.0486. The van der Waals surface area contributed by atoms with Crippen LogP contribution in [0.4, 0.5) is 0 Å². The Kier molecular flexibility index (Phi) is 5.75. The van der Waals surface area contributed by atoms with Crippen LogP contribution in [0.15, 0.2) is 0 Å². The number of hydrogen-bond donors (Lipinski definition) is 1. The lowest BCUT2D eigenvalue weighted by molar-refractivity contribution is -0.200. The van der Waals surface area contributed by atoms with Gasteiger partial charge in [0, 0.05) is 25.9 Å². The number of amides is 1. The second-order valence-corrected chi connectivity index (χ2v) is 8.19. The van der Waals surface area contributed by atoms with Gasteiger partial charge in [-0.3, -0.25) is 4.79 Å². The Bertz CT molecular complexity index is 408. The van der Waals surface area contributed by atoms with E-state index in [1.54, 1.807) is 11.8 Å². The van der Waals surface area contributed by atoms with Gasteiger partial charge in [-0.25, -0.2) is 0 Å². The Hall–Kier alpha value is -0.650. The molecule has 0 aromatic carbocycles. The van der Waals surface area contributed by atoms with Crippen molar-refractivity contribution in [3.8, 4) is 0 Å². The predicted octanol–water partition coefficient (Wildman–Crippen LogP) is 2.56. The Morgan fingerprint density at radius 3 is 2.43 bits per heavy atom. The van der Waals surface area contributed by atoms with Gasteiger partial charge in [-0.2, -0.15) is 0 Å². The molecule has 134 valence electrons. The highest BCUT2D eigenvalue weighted by Crippen LogP contribution is 2.45. The van der Waals surface area contributed by atoms with Crippen LogP contribution in [0.1, 0.15) is 60.3 Å². The van der Waals surface area contributed by atoms with Crippen LogP contribution in [-0.4, -0.2) is 53.6 Å². The van der Waals surface area contributed by atoms with Crippen LogP contribution in [0, 0.1) is 11.3 Å². The summed E-state index contributed by atoms with van der Waals surface area (Å²) in [7, 11) is 0. The van der Waals surface area contributed by atoms with Gasteiger partial charge in [-0.1, -0.05) is 20.8 Å².